The molecule has 1 aliphatic carbocycles. The topological polar surface area (TPSA) is 55.8 Å². The van der Waals surface area contributed by atoms with E-state index in [2.05, 4.69) is 12.1 Å². The summed E-state index contributed by atoms with van der Waals surface area (Å²) in [4.78, 5) is 26.5. The van der Waals surface area contributed by atoms with Gasteiger partial charge in [-0.15, -0.1) is 0 Å². The molecule has 0 spiro atoms. The highest BCUT2D eigenvalue weighted by Crippen LogP contribution is 2.26. The van der Waals surface area contributed by atoms with Crippen molar-refractivity contribution in [3.8, 4) is 0 Å². The maximum Gasteiger partial charge on any atom is 0.311 e. The fourth-order valence-electron chi connectivity index (χ4n) is 3.77. The SMILES string of the molecule is COC1CCCCC1OC(=O)C1CC(=O)N(CCc2ccccc2)C1. The van der Waals surface area contributed by atoms with Gasteiger partial charge < -0.3 is 14.4 Å². The van der Waals surface area contributed by atoms with Crippen LogP contribution in [0.3, 0.4) is 0 Å². The van der Waals surface area contributed by atoms with Crippen molar-refractivity contribution in [2.24, 2.45) is 5.92 Å². The van der Waals surface area contributed by atoms with Crippen LogP contribution in [0.1, 0.15) is 37.7 Å². The van der Waals surface area contributed by atoms with Gasteiger partial charge in [0.05, 0.1) is 12.0 Å². The van der Waals surface area contributed by atoms with Crippen molar-refractivity contribution in [3.05, 3.63) is 35.9 Å². The van der Waals surface area contributed by atoms with Gasteiger partial charge in [0.15, 0.2) is 0 Å². The maximum atomic E-state index is 12.5. The van der Waals surface area contributed by atoms with Gasteiger partial charge in [0.2, 0.25) is 5.91 Å². The van der Waals surface area contributed by atoms with Crippen LogP contribution in [-0.4, -0.2) is 49.2 Å². The van der Waals surface area contributed by atoms with Gasteiger partial charge in [-0.2, -0.15) is 0 Å². The summed E-state index contributed by atoms with van der Waals surface area (Å²) in [5, 5.41) is 0. The lowest BCUT2D eigenvalue weighted by Gasteiger charge is -2.30. The molecular formula is C20H27NO4. The molecular weight excluding hydrogens is 318 g/mol. The first kappa shape index (κ1) is 17.9. The number of hydrogen-bond acceptors (Lipinski definition) is 4. The van der Waals surface area contributed by atoms with Crippen LogP contribution in [0.2, 0.25) is 0 Å². The molecule has 1 saturated heterocycles. The molecule has 3 unspecified atom stereocenters. The minimum Gasteiger partial charge on any atom is -0.459 e. The van der Waals surface area contributed by atoms with Crippen LogP contribution >= 0.6 is 0 Å². The van der Waals surface area contributed by atoms with Crippen molar-refractivity contribution in [1.29, 1.82) is 0 Å². The van der Waals surface area contributed by atoms with Gasteiger partial charge in [0, 0.05) is 26.6 Å². The number of amides is 1. The van der Waals surface area contributed by atoms with Crippen molar-refractivity contribution in [1.82, 2.24) is 4.90 Å². The van der Waals surface area contributed by atoms with Gasteiger partial charge in [0.25, 0.3) is 0 Å². The van der Waals surface area contributed by atoms with E-state index in [1.165, 1.54) is 5.56 Å². The van der Waals surface area contributed by atoms with E-state index in [0.29, 0.717) is 13.1 Å². The minimum atomic E-state index is -0.345. The lowest BCUT2D eigenvalue weighted by Crippen LogP contribution is -2.37. The van der Waals surface area contributed by atoms with Crippen LogP contribution in [0.15, 0.2) is 30.3 Å². The summed E-state index contributed by atoms with van der Waals surface area (Å²) in [5.74, 6) is -0.544. The average Bonchev–Trinajstić information content (AvgIpc) is 3.02. The Morgan fingerprint density at radius 1 is 1.16 bits per heavy atom. The summed E-state index contributed by atoms with van der Waals surface area (Å²) in [5.41, 5.74) is 1.20. The van der Waals surface area contributed by atoms with Crippen molar-refractivity contribution in [2.45, 2.75) is 50.7 Å². The molecule has 2 fully saturated rings. The summed E-state index contributed by atoms with van der Waals surface area (Å²) in [7, 11) is 1.67. The Morgan fingerprint density at radius 3 is 2.60 bits per heavy atom. The van der Waals surface area contributed by atoms with Crippen LogP contribution < -0.4 is 0 Å². The molecule has 1 aromatic rings. The molecule has 3 atom stereocenters. The molecule has 0 N–H and O–H groups in total. The molecule has 3 rings (SSSR count). The molecule has 5 nitrogen and oxygen atoms in total. The van der Waals surface area contributed by atoms with Crippen molar-refractivity contribution in [2.75, 3.05) is 20.2 Å². The van der Waals surface area contributed by atoms with Crippen LogP contribution in [-0.2, 0) is 25.5 Å². The lowest BCUT2D eigenvalue weighted by molar-refractivity contribution is -0.163. The Balaban J connectivity index is 1.50. The molecule has 25 heavy (non-hydrogen) atoms. The smallest absolute Gasteiger partial charge is 0.311 e. The van der Waals surface area contributed by atoms with Gasteiger partial charge >= 0.3 is 5.97 Å². The summed E-state index contributed by atoms with van der Waals surface area (Å²) >= 11 is 0. The molecule has 0 aromatic heterocycles. The van der Waals surface area contributed by atoms with Crippen LogP contribution in [0.4, 0.5) is 0 Å². The number of hydrogen-bond donors (Lipinski definition) is 0. The number of nitrogens with zero attached hydrogens (tertiary/aromatic N) is 1. The number of ether oxygens (including phenoxy) is 2. The molecule has 1 amide bonds. The fourth-order valence-corrected chi connectivity index (χ4v) is 3.77. The van der Waals surface area contributed by atoms with E-state index in [1.54, 1.807) is 12.0 Å². The molecule has 0 bridgehead atoms. The number of esters is 1. The Hall–Kier alpha value is -1.88. The van der Waals surface area contributed by atoms with E-state index in [1.807, 2.05) is 18.2 Å². The second-order valence-corrected chi connectivity index (χ2v) is 7.01. The van der Waals surface area contributed by atoms with E-state index in [0.717, 1.165) is 32.1 Å². The Bertz CT molecular complexity index is 589. The zero-order valence-electron chi connectivity index (χ0n) is 14.9. The molecule has 1 saturated carbocycles. The normalized spacial score (nSPS) is 26.7. The van der Waals surface area contributed by atoms with Gasteiger partial charge in [-0.05, 0) is 31.2 Å². The third-order valence-corrected chi connectivity index (χ3v) is 5.27. The highest BCUT2D eigenvalue weighted by atomic mass is 16.6. The summed E-state index contributed by atoms with van der Waals surface area (Å²) in [6.45, 7) is 1.12. The van der Waals surface area contributed by atoms with E-state index in [9.17, 15) is 9.59 Å². The van der Waals surface area contributed by atoms with E-state index >= 15 is 0 Å². The molecule has 0 radical (unpaired) electrons. The van der Waals surface area contributed by atoms with Gasteiger partial charge in [0.1, 0.15) is 6.10 Å². The Morgan fingerprint density at radius 2 is 1.88 bits per heavy atom. The highest BCUT2D eigenvalue weighted by Gasteiger charge is 2.37. The molecule has 1 aliphatic heterocycles. The molecule has 5 heteroatoms. The highest BCUT2D eigenvalue weighted by molar-refractivity contribution is 5.86. The number of rotatable bonds is 6. The summed E-state index contributed by atoms with van der Waals surface area (Å²) in [6, 6.07) is 10.1. The number of methoxy groups -OCH3 is 1. The molecule has 2 aliphatic rings. The minimum absolute atomic E-state index is 0.0102. The quantitative estimate of drug-likeness (QED) is 0.744. The van der Waals surface area contributed by atoms with E-state index in [4.69, 9.17) is 9.47 Å². The first-order chi connectivity index (χ1) is 12.2. The fraction of sp³-hybridized carbons (Fsp3) is 0.600. The Kier molecular flexibility index (Phi) is 6.08. The third kappa shape index (κ3) is 4.60. The standard InChI is InChI=1S/C20H27NO4/c1-24-17-9-5-6-10-18(17)25-20(23)16-13-19(22)21(14-16)12-11-15-7-3-2-4-8-15/h2-4,7-8,16-18H,5-6,9-14H2,1H3. The first-order valence-corrected chi connectivity index (χ1v) is 9.22. The summed E-state index contributed by atoms with van der Waals surface area (Å²) in [6.07, 6.45) is 4.85. The molecule has 1 aromatic carbocycles. The second kappa shape index (κ2) is 8.48. The van der Waals surface area contributed by atoms with Crippen molar-refractivity contribution >= 4 is 11.9 Å². The van der Waals surface area contributed by atoms with Crippen LogP contribution in [0.5, 0.6) is 0 Å². The third-order valence-electron chi connectivity index (χ3n) is 5.27. The predicted octanol–water partition coefficient (Wildman–Crippen LogP) is 2.58. The van der Waals surface area contributed by atoms with Crippen molar-refractivity contribution < 1.29 is 19.1 Å². The van der Waals surface area contributed by atoms with Crippen LogP contribution in [0, 0.1) is 5.92 Å². The van der Waals surface area contributed by atoms with Gasteiger partial charge in [-0.3, -0.25) is 9.59 Å². The zero-order chi connectivity index (χ0) is 17.6. The largest absolute Gasteiger partial charge is 0.459 e. The zero-order valence-corrected chi connectivity index (χ0v) is 14.9. The summed E-state index contributed by atoms with van der Waals surface area (Å²) < 4.78 is 11.1. The van der Waals surface area contributed by atoms with E-state index < -0.39 is 0 Å². The number of carbonyl (C=O) groups excluding carboxylic acids is 2. The van der Waals surface area contributed by atoms with E-state index in [-0.39, 0.29) is 36.4 Å². The Labute approximate surface area is 149 Å². The lowest BCUT2D eigenvalue weighted by atomic mass is 9.94. The second-order valence-electron chi connectivity index (χ2n) is 7.01. The molecule has 136 valence electrons. The predicted molar refractivity (Wildman–Crippen MR) is 94.0 cm³/mol. The number of likely N-dealkylation sites (tertiary alicyclic amines) is 1. The van der Waals surface area contributed by atoms with Gasteiger partial charge in [-0.1, -0.05) is 36.8 Å². The average molecular weight is 345 g/mol. The maximum absolute atomic E-state index is 12.5. The molecule has 1 heterocycles. The van der Waals surface area contributed by atoms with Gasteiger partial charge in [-0.25, -0.2) is 0 Å². The monoisotopic (exact) mass is 345 g/mol. The van der Waals surface area contributed by atoms with Crippen LogP contribution in [0.25, 0.3) is 0 Å². The van der Waals surface area contributed by atoms with Crippen molar-refractivity contribution in [3.63, 3.8) is 0 Å². The first-order valence-electron chi connectivity index (χ1n) is 9.22. The number of benzene rings is 1. The number of carbonyl (C=O) groups is 2.